The van der Waals surface area contributed by atoms with E-state index in [1.165, 1.54) is 0 Å². The van der Waals surface area contributed by atoms with E-state index in [-0.39, 0.29) is 18.4 Å². The molecule has 0 aliphatic carbocycles. The highest BCUT2D eigenvalue weighted by atomic mass is 16.6. The van der Waals surface area contributed by atoms with Gasteiger partial charge in [0, 0.05) is 24.1 Å². The van der Waals surface area contributed by atoms with Crippen molar-refractivity contribution in [1.82, 2.24) is 15.1 Å². The molecule has 0 fully saturated rings. The second-order valence-corrected chi connectivity index (χ2v) is 7.20. The van der Waals surface area contributed by atoms with Gasteiger partial charge in [0.25, 0.3) is 0 Å². The second-order valence-electron chi connectivity index (χ2n) is 7.20. The van der Waals surface area contributed by atoms with Crippen LogP contribution in [0.15, 0.2) is 42.7 Å². The van der Waals surface area contributed by atoms with Gasteiger partial charge in [0.1, 0.15) is 5.60 Å². The Morgan fingerprint density at radius 2 is 1.92 bits per heavy atom. The molecule has 2 amide bonds. The van der Waals surface area contributed by atoms with Gasteiger partial charge in [0.2, 0.25) is 5.91 Å². The van der Waals surface area contributed by atoms with E-state index in [0.29, 0.717) is 12.2 Å². The number of hydrogen-bond acceptors (Lipinski definition) is 4. The van der Waals surface area contributed by atoms with Crippen LogP contribution in [-0.2, 0) is 22.5 Å². The van der Waals surface area contributed by atoms with Crippen molar-refractivity contribution in [2.24, 2.45) is 0 Å². The summed E-state index contributed by atoms with van der Waals surface area (Å²) >= 11 is 0. The topological polar surface area (TPSA) is 85.3 Å². The van der Waals surface area contributed by atoms with E-state index >= 15 is 0 Å². The molecule has 0 bridgehead atoms. The van der Waals surface area contributed by atoms with Crippen LogP contribution in [0, 0.1) is 0 Å². The van der Waals surface area contributed by atoms with Gasteiger partial charge in [-0.3, -0.25) is 14.8 Å². The van der Waals surface area contributed by atoms with Crippen LogP contribution in [0.3, 0.4) is 0 Å². The number of hydrogen-bond donors (Lipinski definition) is 2. The third-order valence-corrected chi connectivity index (χ3v) is 3.39. The molecular weight excluding hydrogens is 332 g/mol. The number of anilines is 1. The van der Waals surface area contributed by atoms with Gasteiger partial charge in [-0.15, -0.1) is 0 Å². The summed E-state index contributed by atoms with van der Waals surface area (Å²) < 4.78 is 6.98. The Labute approximate surface area is 153 Å². The molecule has 0 saturated heterocycles. The van der Waals surface area contributed by atoms with Gasteiger partial charge in [-0.1, -0.05) is 12.1 Å². The van der Waals surface area contributed by atoms with Crippen LogP contribution in [0.4, 0.5) is 10.5 Å². The van der Waals surface area contributed by atoms with Gasteiger partial charge >= 0.3 is 6.09 Å². The molecule has 0 aliphatic rings. The third-order valence-electron chi connectivity index (χ3n) is 3.39. The van der Waals surface area contributed by atoms with Crippen molar-refractivity contribution >= 4 is 17.7 Å². The van der Waals surface area contributed by atoms with E-state index in [4.69, 9.17) is 4.74 Å². The lowest BCUT2D eigenvalue weighted by molar-refractivity contribution is -0.121. The van der Waals surface area contributed by atoms with E-state index < -0.39 is 11.7 Å². The molecule has 2 rings (SSSR count). The molecule has 140 valence electrons. The van der Waals surface area contributed by atoms with Crippen LogP contribution in [-0.4, -0.2) is 33.4 Å². The molecule has 0 spiro atoms. The first kappa shape index (κ1) is 19.5. The van der Waals surface area contributed by atoms with Crippen LogP contribution in [0.1, 0.15) is 33.3 Å². The SMILES string of the molecule is C[C@H](Cn1cccn1)NC(=O)Cc1ccc(NC(=O)OC(C)(C)C)cc1. The number of ether oxygens (including phenoxy) is 1. The number of nitrogens with one attached hydrogen (secondary N) is 2. The lowest BCUT2D eigenvalue weighted by atomic mass is 10.1. The molecule has 26 heavy (non-hydrogen) atoms. The van der Waals surface area contributed by atoms with Gasteiger partial charge in [-0.25, -0.2) is 4.79 Å². The normalized spacial score (nSPS) is 12.3. The van der Waals surface area contributed by atoms with Crippen LogP contribution >= 0.6 is 0 Å². The highest BCUT2D eigenvalue weighted by molar-refractivity contribution is 5.85. The van der Waals surface area contributed by atoms with E-state index in [0.717, 1.165) is 5.56 Å². The van der Waals surface area contributed by atoms with E-state index in [1.807, 2.05) is 52.1 Å². The van der Waals surface area contributed by atoms with E-state index in [9.17, 15) is 9.59 Å². The third kappa shape index (κ3) is 6.96. The molecule has 0 aliphatic heterocycles. The van der Waals surface area contributed by atoms with Crippen molar-refractivity contribution in [2.45, 2.75) is 52.3 Å². The van der Waals surface area contributed by atoms with E-state index in [2.05, 4.69) is 15.7 Å². The first-order valence-electron chi connectivity index (χ1n) is 8.57. The standard InChI is InChI=1S/C19H26N4O3/c1-14(13-23-11-5-10-20-23)21-17(24)12-15-6-8-16(9-7-15)22-18(25)26-19(2,3)4/h5-11,14H,12-13H2,1-4H3,(H,21,24)(H,22,25)/t14-/m1/s1. The zero-order valence-electron chi connectivity index (χ0n) is 15.7. The maximum absolute atomic E-state index is 12.1. The molecule has 0 unspecified atom stereocenters. The average Bonchev–Trinajstić information content (AvgIpc) is 2.99. The van der Waals surface area contributed by atoms with Crippen molar-refractivity contribution in [3.05, 3.63) is 48.3 Å². The quantitative estimate of drug-likeness (QED) is 0.831. The maximum atomic E-state index is 12.1. The molecule has 1 aromatic carbocycles. The molecular formula is C19H26N4O3. The number of aromatic nitrogens is 2. The lowest BCUT2D eigenvalue weighted by Crippen LogP contribution is -2.36. The summed E-state index contributed by atoms with van der Waals surface area (Å²) in [6, 6.07) is 8.95. The Kier molecular flexibility index (Phi) is 6.38. The number of carbonyl (C=O) groups is 2. The van der Waals surface area contributed by atoms with Gasteiger partial charge in [0.05, 0.1) is 13.0 Å². The van der Waals surface area contributed by atoms with E-state index in [1.54, 1.807) is 23.0 Å². The van der Waals surface area contributed by atoms with Gasteiger partial charge in [0.15, 0.2) is 0 Å². The molecule has 0 radical (unpaired) electrons. The summed E-state index contributed by atoms with van der Waals surface area (Å²) in [6.45, 7) is 7.98. The van der Waals surface area contributed by atoms with Crippen molar-refractivity contribution in [3.8, 4) is 0 Å². The summed E-state index contributed by atoms with van der Waals surface area (Å²) in [4.78, 5) is 23.9. The Morgan fingerprint density at radius 3 is 2.50 bits per heavy atom. The minimum Gasteiger partial charge on any atom is -0.444 e. The minimum atomic E-state index is -0.547. The second kappa shape index (κ2) is 8.51. The number of amides is 2. The molecule has 2 aromatic rings. The average molecular weight is 358 g/mol. The van der Waals surface area contributed by atoms with Crippen molar-refractivity contribution in [2.75, 3.05) is 5.32 Å². The minimum absolute atomic E-state index is 0.0180. The highest BCUT2D eigenvalue weighted by Crippen LogP contribution is 2.13. The molecule has 1 aromatic heterocycles. The summed E-state index contributed by atoms with van der Waals surface area (Å²) in [6.07, 6.45) is 3.34. The van der Waals surface area contributed by atoms with Gasteiger partial charge < -0.3 is 10.1 Å². The van der Waals surface area contributed by atoms with Crippen LogP contribution in [0.2, 0.25) is 0 Å². The monoisotopic (exact) mass is 358 g/mol. The number of rotatable bonds is 6. The molecule has 7 nitrogen and oxygen atoms in total. The summed E-state index contributed by atoms with van der Waals surface area (Å²) in [5.41, 5.74) is 0.939. The predicted octanol–water partition coefficient (Wildman–Crippen LogP) is 2.98. The van der Waals surface area contributed by atoms with Crippen molar-refractivity contribution in [1.29, 1.82) is 0 Å². The van der Waals surface area contributed by atoms with Crippen LogP contribution in [0.25, 0.3) is 0 Å². The Balaban J connectivity index is 1.80. The Bertz CT molecular complexity index is 718. The molecule has 1 atom stereocenters. The van der Waals surface area contributed by atoms with Gasteiger partial charge in [-0.2, -0.15) is 5.10 Å². The fourth-order valence-corrected chi connectivity index (χ4v) is 2.37. The smallest absolute Gasteiger partial charge is 0.412 e. The zero-order chi connectivity index (χ0) is 19.2. The number of nitrogens with zero attached hydrogens (tertiary/aromatic N) is 2. The summed E-state index contributed by atoms with van der Waals surface area (Å²) in [5, 5.41) is 9.74. The molecule has 1 heterocycles. The fourth-order valence-electron chi connectivity index (χ4n) is 2.37. The number of benzene rings is 1. The fraction of sp³-hybridized carbons (Fsp3) is 0.421. The van der Waals surface area contributed by atoms with Crippen LogP contribution < -0.4 is 10.6 Å². The van der Waals surface area contributed by atoms with Crippen molar-refractivity contribution in [3.63, 3.8) is 0 Å². The first-order valence-corrected chi connectivity index (χ1v) is 8.57. The lowest BCUT2D eigenvalue weighted by Gasteiger charge is -2.19. The molecule has 2 N–H and O–H groups in total. The largest absolute Gasteiger partial charge is 0.444 e. The Morgan fingerprint density at radius 1 is 1.23 bits per heavy atom. The maximum Gasteiger partial charge on any atom is 0.412 e. The van der Waals surface area contributed by atoms with Crippen LogP contribution in [0.5, 0.6) is 0 Å². The predicted molar refractivity (Wildman–Crippen MR) is 99.8 cm³/mol. The van der Waals surface area contributed by atoms with Gasteiger partial charge in [-0.05, 0) is 51.5 Å². The highest BCUT2D eigenvalue weighted by Gasteiger charge is 2.16. The first-order chi connectivity index (χ1) is 12.2. The number of carbonyl (C=O) groups excluding carboxylic acids is 2. The van der Waals surface area contributed by atoms with Crippen molar-refractivity contribution < 1.29 is 14.3 Å². The molecule has 0 saturated carbocycles. The summed E-state index contributed by atoms with van der Waals surface area (Å²) in [7, 11) is 0. The zero-order valence-corrected chi connectivity index (χ0v) is 15.7. The Hall–Kier alpha value is -2.83. The molecule has 7 heteroatoms. The summed E-state index contributed by atoms with van der Waals surface area (Å²) in [5.74, 6) is -0.0579.